The molecule has 0 aliphatic carbocycles. The molecular weight excluding hydrogens is 308 g/mol. The third kappa shape index (κ3) is 2.61. The third-order valence-electron chi connectivity index (χ3n) is 4.07. The minimum atomic E-state index is -0.0956. The summed E-state index contributed by atoms with van der Waals surface area (Å²) in [6.45, 7) is 1.48. The number of thiophene rings is 1. The fourth-order valence-electron chi connectivity index (χ4n) is 3.03. The number of nitrogens with one attached hydrogen (secondary N) is 1. The molecule has 0 saturated carbocycles. The molecule has 0 radical (unpaired) electrons. The molecule has 6 heteroatoms. The molecule has 0 aromatic carbocycles. The number of anilines is 1. The van der Waals surface area contributed by atoms with Gasteiger partial charge in [-0.15, -0.1) is 11.3 Å². The number of urea groups is 1. The van der Waals surface area contributed by atoms with Gasteiger partial charge in [-0.05, 0) is 47.3 Å². The van der Waals surface area contributed by atoms with Crippen LogP contribution in [0.25, 0.3) is 0 Å². The van der Waals surface area contributed by atoms with Crippen molar-refractivity contribution in [3.63, 3.8) is 0 Å². The van der Waals surface area contributed by atoms with Gasteiger partial charge in [0.2, 0.25) is 0 Å². The van der Waals surface area contributed by atoms with E-state index in [4.69, 9.17) is 0 Å². The van der Waals surface area contributed by atoms with Crippen LogP contribution in [0.15, 0.2) is 60.4 Å². The summed E-state index contributed by atoms with van der Waals surface area (Å²) in [4.78, 5) is 18.8. The second-order valence-electron chi connectivity index (χ2n) is 5.41. The Kier molecular flexibility index (Phi) is 3.59. The monoisotopic (exact) mass is 324 g/mol. The first-order valence-electron chi connectivity index (χ1n) is 7.49. The van der Waals surface area contributed by atoms with E-state index in [1.807, 2.05) is 40.6 Å². The molecule has 0 saturated heterocycles. The molecule has 0 spiro atoms. The van der Waals surface area contributed by atoms with E-state index in [9.17, 15) is 4.79 Å². The highest BCUT2D eigenvalue weighted by molar-refractivity contribution is 7.14. The molecule has 1 aliphatic heterocycles. The lowest BCUT2D eigenvalue weighted by atomic mass is 10.0. The number of amides is 2. The SMILES string of the molecule is O=C(Nc1cccs1)N1CCn2cccc2[C@H]1c1ccncc1. The van der Waals surface area contributed by atoms with Crippen LogP contribution in [-0.2, 0) is 6.54 Å². The number of carbonyl (C=O) groups is 1. The van der Waals surface area contributed by atoms with Crippen molar-refractivity contribution in [3.05, 3.63) is 71.6 Å². The summed E-state index contributed by atoms with van der Waals surface area (Å²) < 4.78 is 2.21. The second kappa shape index (κ2) is 5.89. The van der Waals surface area contributed by atoms with Gasteiger partial charge < -0.3 is 9.47 Å². The number of aromatic nitrogens is 2. The first-order chi connectivity index (χ1) is 11.3. The van der Waals surface area contributed by atoms with Crippen molar-refractivity contribution < 1.29 is 4.79 Å². The van der Waals surface area contributed by atoms with Crippen molar-refractivity contribution in [2.24, 2.45) is 0 Å². The molecule has 1 atom stereocenters. The van der Waals surface area contributed by atoms with Crippen LogP contribution in [0.4, 0.5) is 9.80 Å². The molecule has 3 aromatic rings. The maximum Gasteiger partial charge on any atom is 0.323 e. The highest BCUT2D eigenvalue weighted by Crippen LogP contribution is 2.32. The molecule has 116 valence electrons. The van der Waals surface area contributed by atoms with Crippen LogP contribution in [0.3, 0.4) is 0 Å². The van der Waals surface area contributed by atoms with Gasteiger partial charge in [0.25, 0.3) is 0 Å². The summed E-state index contributed by atoms with van der Waals surface area (Å²) in [5, 5.41) is 5.82. The van der Waals surface area contributed by atoms with Gasteiger partial charge in [-0.1, -0.05) is 0 Å². The van der Waals surface area contributed by atoms with E-state index in [0.717, 1.165) is 22.8 Å². The van der Waals surface area contributed by atoms with Gasteiger partial charge in [-0.25, -0.2) is 4.79 Å². The normalized spacial score (nSPS) is 16.9. The smallest absolute Gasteiger partial charge is 0.323 e. The lowest BCUT2D eigenvalue weighted by Crippen LogP contribution is -2.44. The average Bonchev–Trinajstić information content (AvgIpc) is 3.25. The quantitative estimate of drug-likeness (QED) is 0.783. The molecule has 0 fully saturated rings. The minimum Gasteiger partial charge on any atom is -0.348 e. The second-order valence-corrected chi connectivity index (χ2v) is 6.36. The molecule has 1 N–H and O–H groups in total. The van der Waals surface area contributed by atoms with Crippen molar-refractivity contribution >= 4 is 22.4 Å². The molecular formula is C17H16N4OS. The number of hydrogen-bond acceptors (Lipinski definition) is 3. The summed E-state index contributed by atoms with van der Waals surface area (Å²) in [5.41, 5.74) is 2.20. The van der Waals surface area contributed by atoms with E-state index in [0.29, 0.717) is 6.54 Å². The number of nitrogens with zero attached hydrogens (tertiary/aromatic N) is 3. The zero-order valence-corrected chi connectivity index (χ0v) is 13.2. The Morgan fingerprint density at radius 1 is 1.17 bits per heavy atom. The summed E-state index contributed by atoms with van der Waals surface area (Å²) in [7, 11) is 0. The van der Waals surface area contributed by atoms with Crippen molar-refractivity contribution in [1.82, 2.24) is 14.5 Å². The van der Waals surface area contributed by atoms with Gasteiger partial charge in [-0.2, -0.15) is 0 Å². The van der Waals surface area contributed by atoms with Gasteiger partial charge in [-0.3, -0.25) is 10.3 Å². The van der Waals surface area contributed by atoms with Crippen LogP contribution in [0, 0.1) is 0 Å². The Bertz CT molecular complexity index is 797. The maximum absolute atomic E-state index is 12.8. The van der Waals surface area contributed by atoms with Gasteiger partial charge in [0.05, 0.1) is 11.0 Å². The van der Waals surface area contributed by atoms with Crippen LogP contribution >= 0.6 is 11.3 Å². The summed E-state index contributed by atoms with van der Waals surface area (Å²) >= 11 is 1.53. The summed E-state index contributed by atoms with van der Waals surface area (Å²) in [6, 6.07) is 11.7. The third-order valence-corrected chi connectivity index (χ3v) is 4.86. The molecule has 5 nitrogen and oxygen atoms in total. The standard InChI is InChI=1S/C17H16N4OS/c22-17(19-15-4-2-12-23-15)21-11-10-20-9-1-3-14(20)16(21)13-5-7-18-8-6-13/h1-9,12,16H,10-11H2,(H,19,22)/t16-/m1/s1. The van der Waals surface area contributed by atoms with E-state index < -0.39 is 0 Å². The zero-order chi connectivity index (χ0) is 15.6. The molecule has 23 heavy (non-hydrogen) atoms. The molecule has 3 aromatic heterocycles. The van der Waals surface area contributed by atoms with E-state index in [1.54, 1.807) is 12.4 Å². The molecule has 4 heterocycles. The molecule has 0 bridgehead atoms. The highest BCUT2D eigenvalue weighted by atomic mass is 32.1. The highest BCUT2D eigenvalue weighted by Gasteiger charge is 2.32. The largest absolute Gasteiger partial charge is 0.348 e. The van der Waals surface area contributed by atoms with E-state index in [1.165, 1.54) is 11.3 Å². The van der Waals surface area contributed by atoms with Crippen LogP contribution in [0.5, 0.6) is 0 Å². The predicted octanol–water partition coefficient (Wildman–Crippen LogP) is 3.58. The van der Waals surface area contributed by atoms with Crippen molar-refractivity contribution in [1.29, 1.82) is 0 Å². The van der Waals surface area contributed by atoms with Crippen molar-refractivity contribution in [2.75, 3.05) is 11.9 Å². The first kappa shape index (κ1) is 14.0. The average molecular weight is 324 g/mol. The Hall–Kier alpha value is -2.60. The van der Waals surface area contributed by atoms with Crippen molar-refractivity contribution in [3.8, 4) is 0 Å². The molecule has 4 rings (SSSR count). The van der Waals surface area contributed by atoms with E-state index >= 15 is 0 Å². The number of carbonyl (C=O) groups excluding carboxylic acids is 1. The number of rotatable bonds is 2. The lowest BCUT2D eigenvalue weighted by molar-refractivity contribution is 0.182. The van der Waals surface area contributed by atoms with Crippen LogP contribution in [0.1, 0.15) is 17.3 Å². The number of pyridine rings is 1. The summed E-state index contributed by atoms with van der Waals surface area (Å²) in [5.74, 6) is 0. The zero-order valence-electron chi connectivity index (χ0n) is 12.4. The predicted molar refractivity (Wildman–Crippen MR) is 90.6 cm³/mol. The number of hydrogen-bond donors (Lipinski definition) is 1. The Labute approximate surface area is 138 Å². The fourth-order valence-corrected chi connectivity index (χ4v) is 3.63. The van der Waals surface area contributed by atoms with E-state index in [-0.39, 0.29) is 12.1 Å². The van der Waals surface area contributed by atoms with Crippen molar-refractivity contribution in [2.45, 2.75) is 12.6 Å². The molecule has 2 amide bonds. The first-order valence-corrected chi connectivity index (χ1v) is 8.37. The van der Waals surface area contributed by atoms with Crippen LogP contribution < -0.4 is 5.32 Å². The summed E-state index contributed by atoms with van der Waals surface area (Å²) in [6.07, 6.45) is 5.61. The fraction of sp³-hybridized carbons (Fsp3) is 0.176. The lowest BCUT2D eigenvalue weighted by Gasteiger charge is -2.37. The number of fused-ring (bicyclic) bond motifs is 1. The Balaban J connectivity index is 1.69. The van der Waals surface area contributed by atoms with Crippen LogP contribution in [-0.4, -0.2) is 27.0 Å². The van der Waals surface area contributed by atoms with Crippen LogP contribution in [0.2, 0.25) is 0 Å². The van der Waals surface area contributed by atoms with Gasteiger partial charge in [0.1, 0.15) is 0 Å². The van der Waals surface area contributed by atoms with Gasteiger partial charge in [0.15, 0.2) is 0 Å². The minimum absolute atomic E-state index is 0.0679. The molecule has 0 unspecified atom stereocenters. The van der Waals surface area contributed by atoms with E-state index in [2.05, 4.69) is 27.1 Å². The maximum atomic E-state index is 12.8. The van der Waals surface area contributed by atoms with Gasteiger partial charge in [0, 0.05) is 37.4 Å². The Morgan fingerprint density at radius 2 is 2.04 bits per heavy atom. The Morgan fingerprint density at radius 3 is 2.83 bits per heavy atom. The van der Waals surface area contributed by atoms with Gasteiger partial charge >= 0.3 is 6.03 Å². The topological polar surface area (TPSA) is 50.2 Å². The molecule has 1 aliphatic rings.